The predicted molar refractivity (Wildman–Crippen MR) is 119 cm³/mol. The zero-order valence-electron chi connectivity index (χ0n) is 18.3. The van der Waals surface area contributed by atoms with Crippen molar-refractivity contribution in [2.75, 3.05) is 39.3 Å². The lowest BCUT2D eigenvalue weighted by molar-refractivity contribution is -0.137. The van der Waals surface area contributed by atoms with E-state index in [1.807, 2.05) is 30.3 Å². The first kappa shape index (κ1) is 22.4. The van der Waals surface area contributed by atoms with Gasteiger partial charge in [0.2, 0.25) is 0 Å². The predicted octanol–water partition coefficient (Wildman–Crippen LogP) is 3.57. The number of imide groups is 1. The van der Waals surface area contributed by atoms with E-state index >= 15 is 0 Å². The number of rotatable bonds is 10. The van der Waals surface area contributed by atoms with E-state index in [1.54, 1.807) is 25.3 Å². The molecule has 2 aromatic carbocycles. The molecular weight excluding hydrogens is 396 g/mol. The maximum atomic E-state index is 13.1. The average molecular weight is 424 g/mol. The third-order valence-electron chi connectivity index (χ3n) is 4.75. The number of benzene rings is 2. The summed E-state index contributed by atoms with van der Waals surface area (Å²) in [5.41, 5.74) is 1.84. The summed E-state index contributed by atoms with van der Waals surface area (Å²) in [4.78, 5) is 27.4. The van der Waals surface area contributed by atoms with Crippen LogP contribution in [0.15, 0.2) is 54.2 Å². The molecule has 31 heavy (non-hydrogen) atoms. The van der Waals surface area contributed by atoms with Crippen LogP contribution < -0.4 is 14.8 Å². The molecule has 164 valence electrons. The number of hydrogen-bond acceptors (Lipinski definition) is 6. The zero-order chi connectivity index (χ0) is 22.4. The molecule has 0 aromatic heterocycles. The highest BCUT2D eigenvalue weighted by atomic mass is 16.5. The van der Waals surface area contributed by atoms with Gasteiger partial charge in [-0.3, -0.25) is 14.5 Å². The lowest BCUT2D eigenvalue weighted by Gasteiger charge is -2.14. The first-order valence-corrected chi connectivity index (χ1v) is 10.2. The minimum Gasteiger partial charge on any atom is -0.497 e. The summed E-state index contributed by atoms with van der Waals surface area (Å²) in [5.74, 6) is 1.02. The second kappa shape index (κ2) is 10.1. The van der Waals surface area contributed by atoms with E-state index in [0.29, 0.717) is 40.8 Å². The first-order chi connectivity index (χ1) is 14.9. The Hall–Kier alpha value is -3.32. The molecule has 0 radical (unpaired) electrons. The zero-order valence-corrected chi connectivity index (χ0v) is 18.3. The summed E-state index contributed by atoms with van der Waals surface area (Å²) in [6.07, 6.45) is 0. The van der Waals surface area contributed by atoms with Gasteiger partial charge in [-0.15, -0.1) is 0 Å². The summed E-state index contributed by atoms with van der Waals surface area (Å²) < 4.78 is 16.1. The number of nitrogens with one attached hydrogen (secondary N) is 1. The van der Waals surface area contributed by atoms with Crippen molar-refractivity contribution in [2.24, 2.45) is 5.92 Å². The molecule has 0 bridgehead atoms. The number of carbonyl (C=O) groups is 2. The van der Waals surface area contributed by atoms with Crippen LogP contribution in [0, 0.1) is 5.92 Å². The molecule has 0 saturated heterocycles. The van der Waals surface area contributed by atoms with Crippen molar-refractivity contribution in [3.63, 3.8) is 0 Å². The van der Waals surface area contributed by atoms with E-state index in [1.165, 1.54) is 12.0 Å². The van der Waals surface area contributed by atoms with Gasteiger partial charge in [0.15, 0.2) is 0 Å². The van der Waals surface area contributed by atoms with Gasteiger partial charge >= 0.3 is 0 Å². The van der Waals surface area contributed by atoms with Crippen molar-refractivity contribution in [3.8, 4) is 11.5 Å². The SMILES string of the molecule is COCCN1C(=O)C(Nc2cccc(OC)c2)=C(c2ccc(OCC(C)C)cc2)C1=O. The smallest absolute Gasteiger partial charge is 0.278 e. The average Bonchev–Trinajstić information content (AvgIpc) is 3.00. The summed E-state index contributed by atoms with van der Waals surface area (Å²) in [6.45, 7) is 5.20. The molecule has 0 unspecified atom stereocenters. The molecule has 3 rings (SSSR count). The number of nitrogens with zero attached hydrogens (tertiary/aromatic N) is 1. The highest BCUT2D eigenvalue weighted by Gasteiger charge is 2.39. The molecule has 1 aliphatic rings. The van der Waals surface area contributed by atoms with Crippen LogP contribution in [0.25, 0.3) is 5.57 Å². The molecule has 7 nitrogen and oxygen atoms in total. The van der Waals surface area contributed by atoms with Gasteiger partial charge < -0.3 is 19.5 Å². The van der Waals surface area contributed by atoms with Crippen LogP contribution in [0.2, 0.25) is 0 Å². The maximum absolute atomic E-state index is 13.1. The quantitative estimate of drug-likeness (QED) is 0.588. The Morgan fingerprint density at radius 1 is 0.968 bits per heavy atom. The Morgan fingerprint density at radius 2 is 1.71 bits per heavy atom. The number of ether oxygens (including phenoxy) is 3. The van der Waals surface area contributed by atoms with Crippen LogP contribution in [-0.4, -0.2) is 50.7 Å². The fourth-order valence-corrected chi connectivity index (χ4v) is 3.17. The highest BCUT2D eigenvalue weighted by Crippen LogP contribution is 2.32. The number of carbonyl (C=O) groups excluding carboxylic acids is 2. The van der Waals surface area contributed by atoms with Gasteiger partial charge in [0.1, 0.15) is 17.2 Å². The Bertz CT molecular complexity index is 966. The Labute approximate surface area is 182 Å². The number of amides is 2. The van der Waals surface area contributed by atoms with Crippen molar-refractivity contribution in [1.82, 2.24) is 4.90 Å². The van der Waals surface area contributed by atoms with Gasteiger partial charge in [0.25, 0.3) is 11.8 Å². The summed E-state index contributed by atoms with van der Waals surface area (Å²) in [5, 5.41) is 3.12. The van der Waals surface area contributed by atoms with Crippen LogP contribution in [0.5, 0.6) is 11.5 Å². The number of hydrogen-bond donors (Lipinski definition) is 1. The normalized spacial score (nSPS) is 13.9. The second-order valence-corrected chi connectivity index (χ2v) is 7.59. The van der Waals surface area contributed by atoms with Gasteiger partial charge in [0, 0.05) is 18.9 Å². The largest absolute Gasteiger partial charge is 0.497 e. The standard InChI is InChI=1S/C24H28N2O5/c1-16(2)15-31-19-10-8-17(9-11-19)21-22(24(28)26(23(21)27)12-13-29-3)25-18-6-5-7-20(14-18)30-4/h5-11,14,16,25H,12-13,15H2,1-4H3. The summed E-state index contributed by atoms with van der Waals surface area (Å²) >= 11 is 0. The van der Waals surface area contributed by atoms with Gasteiger partial charge in [0.05, 0.1) is 32.4 Å². The van der Waals surface area contributed by atoms with E-state index in [-0.39, 0.29) is 30.7 Å². The number of anilines is 1. The van der Waals surface area contributed by atoms with Crippen molar-refractivity contribution in [3.05, 3.63) is 59.8 Å². The van der Waals surface area contributed by atoms with Gasteiger partial charge in [-0.2, -0.15) is 0 Å². The molecular formula is C24H28N2O5. The Balaban J connectivity index is 1.95. The second-order valence-electron chi connectivity index (χ2n) is 7.59. The third kappa shape index (κ3) is 5.24. The topological polar surface area (TPSA) is 77.1 Å². The molecule has 0 atom stereocenters. The van der Waals surface area contributed by atoms with Crippen molar-refractivity contribution < 1.29 is 23.8 Å². The molecule has 1 aliphatic heterocycles. The molecule has 0 aliphatic carbocycles. The Kier molecular flexibility index (Phi) is 7.31. The van der Waals surface area contributed by atoms with Crippen molar-refractivity contribution in [2.45, 2.75) is 13.8 Å². The highest BCUT2D eigenvalue weighted by molar-refractivity contribution is 6.36. The minimum atomic E-state index is -0.389. The van der Waals surface area contributed by atoms with Gasteiger partial charge in [-0.05, 0) is 35.7 Å². The molecule has 0 fully saturated rings. The van der Waals surface area contributed by atoms with E-state index in [9.17, 15) is 9.59 Å². The van der Waals surface area contributed by atoms with Crippen LogP contribution >= 0.6 is 0 Å². The van der Waals surface area contributed by atoms with Crippen LogP contribution in [0.1, 0.15) is 19.4 Å². The molecule has 7 heteroatoms. The first-order valence-electron chi connectivity index (χ1n) is 10.2. The lowest BCUT2D eigenvalue weighted by atomic mass is 10.0. The van der Waals surface area contributed by atoms with Crippen molar-refractivity contribution >= 4 is 23.1 Å². The van der Waals surface area contributed by atoms with E-state index < -0.39 is 0 Å². The van der Waals surface area contributed by atoms with E-state index in [2.05, 4.69) is 19.2 Å². The van der Waals surface area contributed by atoms with Crippen LogP contribution in [0.3, 0.4) is 0 Å². The number of methoxy groups -OCH3 is 2. The molecule has 1 heterocycles. The summed E-state index contributed by atoms with van der Waals surface area (Å²) in [6, 6.07) is 14.4. The van der Waals surface area contributed by atoms with Gasteiger partial charge in [-0.25, -0.2) is 0 Å². The van der Waals surface area contributed by atoms with Crippen molar-refractivity contribution in [1.29, 1.82) is 0 Å². The van der Waals surface area contributed by atoms with E-state index in [4.69, 9.17) is 14.2 Å². The molecule has 2 aromatic rings. The minimum absolute atomic E-state index is 0.177. The molecule has 0 spiro atoms. The fraction of sp³-hybridized carbons (Fsp3) is 0.333. The molecule has 0 saturated carbocycles. The van der Waals surface area contributed by atoms with Crippen LogP contribution in [-0.2, 0) is 14.3 Å². The van der Waals surface area contributed by atoms with Crippen LogP contribution in [0.4, 0.5) is 5.69 Å². The lowest BCUT2D eigenvalue weighted by Crippen LogP contribution is -2.35. The monoisotopic (exact) mass is 424 g/mol. The molecule has 1 N–H and O–H groups in total. The fourth-order valence-electron chi connectivity index (χ4n) is 3.17. The van der Waals surface area contributed by atoms with E-state index in [0.717, 1.165) is 0 Å². The maximum Gasteiger partial charge on any atom is 0.278 e. The third-order valence-corrected chi connectivity index (χ3v) is 4.75. The van der Waals surface area contributed by atoms with Gasteiger partial charge in [-0.1, -0.05) is 32.0 Å². The summed E-state index contributed by atoms with van der Waals surface area (Å²) in [7, 11) is 3.11. The molecule has 2 amide bonds. The Morgan fingerprint density at radius 3 is 2.35 bits per heavy atom.